The fraction of sp³-hybridized carbons (Fsp3) is 0.562. The second-order valence-electron chi connectivity index (χ2n) is 5.62. The lowest BCUT2D eigenvalue weighted by molar-refractivity contribution is -0.148. The molecule has 0 bridgehead atoms. The van der Waals surface area contributed by atoms with E-state index in [4.69, 9.17) is 9.47 Å². The van der Waals surface area contributed by atoms with Gasteiger partial charge in [-0.05, 0) is 42.9 Å². The molecule has 1 aliphatic rings. The minimum Gasteiger partial charge on any atom is -0.487 e. The van der Waals surface area contributed by atoms with Crippen LogP contribution in [0.1, 0.15) is 51.0 Å². The number of esters is 1. The maximum Gasteiger partial charge on any atom is 0.309 e. The SMILES string of the molecule is COC(=O)CC1(Oc2ccc(C(C)C)cc2)CCC1. The Balaban J connectivity index is 2.04. The largest absolute Gasteiger partial charge is 0.487 e. The minimum atomic E-state index is -0.341. The van der Waals surface area contributed by atoms with Crippen LogP contribution in [-0.4, -0.2) is 18.7 Å². The summed E-state index contributed by atoms with van der Waals surface area (Å²) in [7, 11) is 1.42. The van der Waals surface area contributed by atoms with Gasteiger partial charge in [0.25, 0.3) is 0 Å². The van der Waals surface area contributed by atoms with E-state index in [9.17, 15) is 4.79 Å². The van der Waals surface area contributed by atoms with Gasteiger partial charge in [-0.15, -0.1) is 0 Å². The van der Waals surface area contributed by atoms with Crippen LogP contribution >= 0.6 is 0 Å². The molecule has 0 aliphatic heterocycles. The summed E-state index contributed by atoms with van der Waals surface area (Å²) in [4.78, 5) is 11.5. The standard InChI is InChI=1S/C16H22O3/c1-12(2)13-5-7-14(8-6-13)19-16(9-4-10-16)11-15(17)18-3/h5-8,12H,4,9-11H2,1-3H3. The average Bonchev–Trinajstić information content (AvgIpc) is 2.36. The van der Waals surface area contributed by atoms with Crippen molar-refractivity contribution in [3.05, 3.63) is 29.8 Å². The molecule has 1 fully saturated rings. The van der Waals surface area contributed by atoms with E-state index >= 15 is 0 Å². The molecule has 0 saturated heterocycles. The highest BCUT2D eigenvalue weighted by Crippen LogP contribution is 2.39. The molecular formula is C16H22O3. The lowest BCUT2D eigenvalue weighted by Crippen LogP contribution is -2.45. The number of hydrogen-bond acceptors (Lipinski definition) is 3. The van der Waals surface area contributed by atoms with Crippen LogP contribution < -0.4 is 4.74 Å². The highest BCUT2D eigenvalue weighted by Gasteiger charge is 2.41. The summed E-state index contributed by atoms with van der Waals surface area (Å²) < 4.78 is 10.8. The summed E-state index contributed by atoms with van der Waals surface area (Å²) in [6.45, 7) is 4.33. The van der Waals surface area contributed by atoms with Crippen LogP contribution in [0.5, 0.6) is 5.75 Å². The number of hydrogen-bond donors (Lipinski definition) is 0. The van der Waals surface area contributed by atoms with Crippen molar-refractivity contribution in [3.8, 4) is 5.75 Å². The van der Waals surface area contributed by atoms with Gasteiger partial charge in [0.2, 0.25) is 0 Å². The van der Waals surface area contributed by atoms with Crippen LogP contribution in [0, 0.1) is 0 Å². The summed E-state index contributed by atoms with van der Waals surface area (Å²) >= 11 is 0. The fourth-order valence-corrected chi connectivity index (χ4v) is 2.39. The number of carbonyl (C=O) groups excluding carboxylic acids is 1. The Morgan fingerprint density at radius 3 is 2.32 bits per heavy atom. The van der Waals surface area contributed by atoms with Gasteiger partial charge in [0.1, 0.15) is 11.4 Å². The van der Waals surface area contributed by atoms with E-state index < -0.39 is 0 Å². The van der Waals surface area contributed by atoms with Gasteiger partial charge < -0.3 is 9.47 Å². The number of ether oxygens (including phenoxy) is 2. The van der Waals surface area contributed by atoms with Crippen LogP contribution in [0.3, 0.4) is 0 Å². The van der Waals surface area contributed by atoms with E-state index in [1.165, 1.54) is 12.7 Å². The van der Waals surface area contributed by atoms with Crippen LogP contribution in [0.25, 0.3) is 0 Å². The maximum absolute atomic E-state index is 11.5. The first-order valence-electron chi connectivity index (χ1n) is 6.90. The Morgan fingerprint density at radius 2 is 1.89 bits per heavy atom. The summed E-state index contributed by atoms with van der Waals surface area (Å²) in [5, 5.41) is 0. The summed E-state index contributed by atoms with van der Waals surface area (Å²) in [6.07, 6.45) is 3.30. The number of carbonyl (C=O) groups is 1. The van der Waals surface area contributed by atoms with Crippen molar-refractivity contribution in [2.45, 2.75) is 51.0 Å². The van der Waals surface area contributed by atoms with Gasteiger partial charge in [-0.1, -0.05) is 26.0 Å². The highest BCUT2D eigenvalue weighted by atomic mass is 16.5. The molecule has 3 heteroatoms. The molecule has 0 N–H and O–H groups in total. The zero-order valence-corrected chi connectivity index (χ0v) is 11.9. The van der Waals surface area contributed by atoms with Crippen LogP contribution in [0.15, 0.2) is 24.3 Å². The third-order valence-electron chi connectivity index (χ3n) is 3.84. The number of methoxy groups -OCH3 is 1. The lowest BCUT2D eigenvalue weighted by atomic mass is 9.77. The number of benzene rings is 1. The predicted molar refractivity (Wildman–Crippen MR) is 74.4 cm³/mol. The van der Waals surface area contributed by atoms with Crippen molar-refractivity contribution in [2.75, 3.05) is 7.11 Å². The van der Waals surface area contributed by atoms with Crippen LogP contribution in [0.4, 0.5) is 0 Å². The second kappa shape index (κ2) is 5.64. The molecule has 1 saturated carbocycles. The first-order valence-corrected chi connectivity index (χ1v) is 6.90. The zero-order chi connectivity index (χ0) is 13.9. The molecule has 2 rings (SSSR count). The molecule has 0 unspecified atom stereocenters. The lowest BCUT2D eigenvalue weighted by Gasteiger charge is -2.41. The van der Waals surface area contributed by atoms with Crippen LogP contribution in [0.2, 0.25) is 0 Å². The molecule has 1 aliphatic carbocycles. The Hall–Kier alpha value is -1.51. The van der Waals surface area contributed by atoms with E-state index in [1.807, 2.05) is 12.1 Å². The summed E-state index contributed by atoms with van der Waals surface area (Å²) in [5.74, 6) is 1.16. The van der Waals surface area contributed by atoms with E-state index in [1.54, 1.807) is 0 Å². The maximum atomic E-state index is 11.5. The van der Waals surface area contributed by atoms with Gasteiger partial charge in [0.15, 0.2) is 0 Å². The van der Waals surface area contributed by atoms with Crippen LogP contribution in [-0.2, 0) is 9.53 Å². The zero-order valence-electron chi connectivity index (χ0n) is 11.9. The molecule has 1 aromatic rings. The normalized spacial score (nSPS) is 16.8. The summed E-state index contributed by atoms with van der Waals surface area (Å²) in [6, 6.07) is 8.16. The topological polar surface area (TPSA) is 35.5 Å². The quantitative estimate of drug-likeness (QED) is 0.759. The monoisotopic (exact) mass is 262 g/mol. The third kappa shape index (κ3) is 3.28. The van der Waals surface area contributed by atoms with Gasteiger partial charge >= 0.3 is 5.97 Å². The molecule has 0 heterocycles. The van der Waals surface area contributed by atoms with E-state index in [0.717, 1.165) is 25.0 Å². The van der Waals surface area contributed by atoms with Crippen molar-refractivity contribution in [2.24, 2.45) is 0 Å². The van der Waals surface area contributed by atoms with Gasteiger partial charge in [0, 0.05) is 0 Å². The molecule has 104 valence electrons. The smallest absolute Gasteiger partial charge is 0.309 e. The average molecular weight is 262 g/mol. The van der Waals surface area contributed by atoms with Gasteiger partial charge in [-0.2, -0.15) is 0 Å². The highest BCUT2D eigenvalue weighted by molar-refractivity contribution is 5.70. The Labute approximate surface area is 114 Å². The summed E-state index contributed by atoms with van der Waals surface area (Å²) in [5.41, 5.74) is 0.954. The van der Waals surface area contributed by atoms with Crippen molar-refractivity contribution in [3.63, 3.8) is 0 Å². The Morgan fingerprint density at radius 1 is 1.26 bits per heavy atom. The molecule has 0 radical (unpaired) electrons. The molecule has 0 aromatic heterocycles. The Kier molecular flexibility index (Phi) is 4.13. The number of rotatable bonds is 5. The van der Waals surface area contributed by atoms with Crippen molar-refractivity contribution in [1.29, 1.82) is 0 Å². The third-order valence-corrected chi connectivity index (χ3v) is 3.84. The fourth-order valence-electron chi connectivity index (χ4n) is 2.39. The van der Waals surface area contributed by atoms with Gasteiger partial charge in [0.05, 0.1) is 13.5 Å². The first kappa shape index (κ1) is 13.9. The van der Waals surface area contributed by atoms with Crippen molar-refractivity contribution < 1.29 is 14.3 Å². The van der Waals surface area contributed by atoms with E-state index in [-0.39, 0.29) is 11.6 Å². The van der Waals surface area contributed by atoms with Crippen molar-refractivity contribution >= 4 is 5.97 Å². The minimum absolute atomic E-state index is 0.196. The second-order valence-corrected chi connectivity index (χ2v) is 5.62. The Bertz CT molecular complexity index is 430. The van der Waals surface area contributed by atoms with E-state index in [0.29, 0.717) is 12.3 Å². The molecule has 1 aromatic carbocycles. The predicted octanol–water partition coefficient (Wildman–Crippen LogP) is 3.67. The molecule has 0 spiro atoms. The molecular weight excluding hydrogens is 240 g/mol. The first-order chi connectivity index (χ1) is 9.04. The molecule has 0 atom stereocenters. The molecule has 0 amide bonds. The molecule has 3 nitrogen and oxygen atoms in total. The van der Waals surface area contributed by atoms with E-state index in [2.05, 4.69) is 26.0 Å². The van der Waals surface area contributed by atoms with Gasteiger partial charge in [-0.3, -0.25) is 4.79 Å². The van der Waals surface area contributed by atoms with Crippen molar-refractivity contribution in [1.82, 2.24) is 0 Å². The molecule has 19 heavy (non-hydrogen) atoms. The van der Waals surface area contributed by atoms with Gasteiger partial charge in [-0.25, -0.2) is 0 Å².